The van der Waals surface area contributed by atoms with E-state index in [-0.39, 0.29) is 0 Å². The van der Waals surface area contributed by atoms with Gasteiger partial charge in [-0.25, -0.2) is 0 Å². The summed E-state index contributed by atoms with van der Waals surface area (Å²) >= 11 is 6.03. The van der Waals surface area contributed by atoms with Crippen LogP contribution >= 0.6 is 11.6 Å². The molecule has 0 saturated carbocycles. The monoisotopic (exact) mass is 301 g/mol. The van der Waals surface area contributed by atoms with Gasteiger partial charge in [0.05, 0.1) is 13.2 Å². The van der Waals surface area contributed by atoms with Crippen molar-refractivity contribution in [3.05, 3.63) is 28.8 Å². The highest BCUT2D eigenvalue weighted by Crippen LogP contribution is 2.23. The molecule has 0 aromatic heterocycles. The summed E-state index contributed by atoms with van der Waals surface area (Å²) in [5, 5.41) is 4.02. The van der Waals surface area contributed by atoms with Gasteiger partial charge in [0.2, 0.25) is 0 Å². The van der Waals surface area contributed by atoms with Crippen molar-refractivity contribution in [2.75, 3.05) is 40.6 Å². The number of methoxy groups -OCH3 is 2. The van der Waals surface area contributed by atoms with Crippen LogP contribution in [0.25, 0.3) is 0 Å². The molecule has 0 aliphatic carbocycles. The number of hydrogen-bond acceptors (Lipinski definition) is 4. The van der Waals surface area contributed by atoms with Crippen molar-refractivity contribution in [3.8, 4) is 5.75 Å². The van der Waals surface area contributed by atoms with Crippen molar-refractivity contribution < 1.29 is 14.2 Å². The number of hydrogen-bond donors (Lipinski definition) is 1. The molecule has 0 spiro atoms. The second-order valence-electron chi connectivity index (χ2n) is 4.47. The molecule has 1 aromatic carbocycles. The smallest absolute Gasteiger partial charge is 0.123 e. The summed E-state index contributed by atoms with van der Waals surface area (Å²) in [6, 6.07) is 5.71. The number of nitrogens with one attached hydrogen (secondary N) is 1. The molecule has 114 valence electrons. The lowest BCUT2D eigenvalue weighted by Gasteiger charge is -2.12. The van der Waals surface area contributed by atoms with Gasteiger partial charge in [-0.3, -0.25) is 0 Å². The molecule has 1 N–H and O–H groups in total. The van der Waals surface area contributed by atoms with Gasteiger partial charge in [-0.05, 0) is 31.0 Å². The van der Waals surface area contributed by atoms with Gasteiger partial charge in [0, 0.05) is 44.5 Å². The molecule has 0 aliphatic heterocycles. The van der Waals surface area contributed by atoms with Gasteiger partial charge in [-0.2, -0.15) is 0 Å². The summed E-state index contributed by atoms with van der Waals surface area (Å²) in [6.45, 7) is 3.67. The van der Waals surface area contributed by atoms with Gasteiger partial charge in [0.1, 0.15) is 5.75 Å². The van der Waals surface area contributed by atoms with Crippen molar-refractivity contribution >= 4 is 11.6 Å². The summed E-state index contributed by atoms with van der Waals surface area (Å²) in [6.07, 6.45) is 1.98. The van der Waals surface area contributed by atoms with E-state index in [9.17, 15) is 0 Å². The maximum absolute atomic E-state index is 6.03. The van der Waals surface area contributed by atoms with Crippen molar-refractivity contribution in [3.63, 3.8) is 0 Å². The fourth-order valence-electron chi connectivity index (χ4n) is 1.75. The molecular weight excluding hydrogens is 278 g/mol. The molecular formula is C15H24ClNO3. The maximum atomic E-state index is 6.03. The average Bonchev–Trinajstić information content (AvgIpc) is 2.45. The first-order valence-electron chi connectivity index (χ1n) is 6.87. The first kappa shape index (κ1) is 17.2. The first-order chi connectivity index (χ1) is 9.77. The first-order valence-corrected chi connectivity index (χ1v) is 7.25. The minimum Gasteiger partial charge on any atom is -0.493 e. The molecule has 1 aromatic rings. The van der Waals surface area contributed by atoms with Crippen LogP contribution in [0.3, 0.4) is 0 Å². The second-order valence-corrected chi connectivity index (χ2v) is 4.91. The Morgan fingerprint density at radius 1 is 1.05 bits per heavy atom. The third kappa shape index (κ3) is 7.10. The molecule has 4 nitrogen and oxygen atoms in total. The SMILES string of the molecule is COCCCCOc1ccc(Cl)cc1CNCCOC. The highest BCUT2D eigenvalue weighted by molar-refractivity contribution is 6.30. The van der Waals surface area contributed by atoms with E-state index in [1.807, 2.05) is 18.2 Å². The fraction of sp³-hybridized carbons (Fsp3) is 0.600. The quantitative estimate of drug-likeness (QED) is 0.638. The molecule has 0 saturated heterocycles. The number of halogens is 1. The van der Waals surface area contributed by atoms with E-state index in [2.05, 4.69) is 5.32 Å². The number of unbranched alkanes of at least 4 members (excludes halogenated alkanes) is 1. The van der Waals surface area contributed by atoms with Gasteiger partial charge < -0.3 is 19.5 Å². The van der Waals surface area contributed by atoms with Crippen LogP contribution in [0.4, 0.5) is 0 Å². The van der Waals surface area contributed by atoms with E-state index < -0.39 is 0 Å². The zero-order valence-corrected chi connectivity index (χ0v) is 13.0. The van der Waals surface area contributed by atoms with Crippen LogP contribution in [0, 0.1) is 0 Å². The molecule has 1 rings (SSSR count). The predicted octanol–water partition coefficient (Wildman–Crippen LogP) is 2.88. The Kier molecular flexibility index (Phi) is 9.41. The van der Waals surface area contributed by atoms with E-state index in [0.29, 0.717) is 13.2 Å². The largest absolute Gasteiger partial charge is 0.493 e. The summed E-state index contributed by atoms with van der Waals surface area (Å²) in [5.74, 6) is 0.886. The number of ether oxygens (including phenoxy) is 3. The van der Waals surface area contributed by atoms with Gasteiger partial charge in [0.15, 0.2) is 0 Å². The van der Waals surface area contributed by atoms with Crippen molar-refractivity contribution in [2.45, 2.75) is 19.4 Å². The van der Waals surface area contributed by atoms with Crippen LogP contribution in [0.1, 0.15) is 18.4 Å². The van der Waals surface area contributed by atoms with Crippen molar-refractivity contribution in [1.82, 2.24) is 5.32 Å². The summed E-state index contributed by atoms with van der Waals surface area (Å²) in [4.78, 5) is 0. The van der Waals surface area contributed by atoms with Gasteiger partial charge in [0.25, 0.3) is 0 Å². The Morgan fingerprint density at radius 2 is 1.80 bits per heavy atom. The fourth-order valence-corrected chi connectivity index (χ4v) is 1.95. The van der Waals surface area contributed by atoms with Gasteiger partial charge >= 0.3 is 0 Å². The molecule has 0 amide bonds. The van der Waals surface area contributed by atoms with Crippen LogP contribution in [0.15, 0.2) is 18.2 Å². The molecule has 5 heteroatoms. The molecule has 0 fully saturated rings. The molecule has 0 unspecified atom stereocenters. The number of rotatable bonds is 11. The zero-order valence-electron chi connectivity index (χ0n) is 12.3. The van der Waals surface area contributed by atoms with Gasteiger partial charge in [-0.1, -0.05) is 11.6 Å². The minimum atomic E-state index is 0.688. The Bertz CT molecular complexity index is 374. The molecule has 0 heterocycles. The van der Waals surface area contributed by atoms with Crippen LogP contribution in [0.5, 0.6) is 5.75 Å². The van der Waals surface area contributed by atoms with Crippen LogP contribution < -0.4 is 10.1 Å². The second kappa shape index (κ2) is 10.9. The molecule has 0 bridgehead atoms. The highest BCUT2D eigenvalue weighted by Gasteiger charge is 2.04. The number of benzene rings is 1. The zero-order chi connectivity index (χ0) is 14.6. The average molecular weight is 302 g/mol. The van der Waals surface area contributed by atoms with E-state index in [0.717, 1.165) is 48.9 Å². The molecule has 20 heavy (non-hydrogen) atoms. The minimum absolute atomic E-state index is 0.688. The van der Waals surface area contributed by atoms with Crippen molar-refractivity contribution in [2.24, 2.45) is 0 Å². The Hall–Kier alpha value is -0.810. The lowest BCUT2D eigenvalue weighted by atomic mass is 10.2. The van der Waals surface area contributed by atoms with Crippen LogP contribution in [0.2, 0.25) is 5.02 Å². The maximum Gasteiger partial charge on any atom is 0.123 e. The van der Waals surface area contributed by atoms with Gasteiger partial charge in [-0.15, -0.1) is 0 Å². The lowest BCUT2D eigenvalue weighted by Crippen LogP contribution is -2.19. The lowest BCUT2D eigenvalue weighted by molar-refractivity contribution is 0.184. The molecule has 0 aliphatic rings. The Balaban J connectivity index is 2.42. The van der Waals surface area contributed by atoms with Crippen LogP contribution in [-0.4, -0.2) is 40.6 Å². The molecule has 0 atom stereocenters. The van der Waals surface area contributed by atoms with E-state index in [1.54, 1.807) is 14.2 Å². The third-order valence-electron chi connectivity index (χ3n) is 2.82. The molecule has 0 radical (unpaired) electrons. The topological polar surface area (TPSA) is 39.7 Å². The highest BCUT2D eigenvalue weighted by atomic mass is 35.5. The predicted molar refractivity (Wildman–Crippen MR) is 81.6 cm³/mol. The Morgan fingerprint density at radius 3 is 2.55 bits per heavy atom. The van der Waals surface area contributed by atoms with E-state index in [1.165, 1.54) is 0 Å². The Labute approximate surface area is 126 Å². The normalized spacial score (nSPS) is 10.8. The van der Waals surface area contributed by atoms with E-state index in [4.69, 9.17) is 25.8 Å². The summed E-state index contributed by atoms with van der Waals surface area (Å²) in [7, 11) is 3.40. The summed E-state index contributed by atoms with van der Waals surface area (Å²) in [5.41, 5.74) is 1.07. The third-order valence-corrected chi connectivity index (χ3v) is 3.06. The van der Waals surface area contributed by atoms with E-state index >= 15 is 0 Å². The van der Waals surface area contributed by atoms with Crippen LogP contribution in [-0.2, 0) is 16.0 Å². The standard InChI is InChI=1S/C15H24ClNO3/c1-18-8-3-4-9-20-15-6-5-14(16)11-13(15)12-17-7-10-19-2/h5-6,11,17H,3-4,7-10,12H2,1-2H3. The van der Waals surface area contributed by atoms with Crippen molar-refractivity contribution in [1.29, 1.82) is 0 Å². The summed E-state index contributed by atoms with van der Waals surface area (Å²) < 4.78 is 15.8.